The fraction of sp³-hybridized carbons (Fsp3) is 0.500. The van der Waals surface area contributed by atoms with Crippen LogP contribution in [-0.4, -0.2) is 35.2 Å². The van der Waals surface area contributed by atoms with Gasteiger partial charge in [-0.3, -0.25) is 9.59 Å². The maximum absolute atomic E-state index is 13.2. The Labute approximate surface area is 152 Å². The van der Waals surface area contributed by atoms with Gasteiger partial charge in [-0.1, -0.05) is 0 Å². The number of benzene rings is 1. The summed E-state index contributed by atoms with van der Waals surface area (Å²) in [6.45, 7) is -0.216. The first-order chi connectivity index (χ1) is 12.7. The molecule has 0 radical (unpaired) electrons. The van der Waals surface area contributed by atoms with Gasteiger partial charge in [-0.15, -0.1) is 0 Å². The van der Waals surface area contributed by atoms with Crippen molar-refractivity contribution in [1.29, 1.82) is 5.26 Å². The molecule has 3 fully saturated rings. The van der Waals surface area contributed by atoms with E-state index in [0.29, 0.717) is 18.9 Å². The standard InChI is InChI=1S/C18H15F3N2O4/c19-18(20,21)11-7-10(2-1-9(11)8-22)23-15(25)13-12-3-4-17(27-12,5-6-24)14(13)16(23)26/h1-2,7,12-14,24H,3-6H2/t12?,13-,14+,17?/m0/s1. The van der Waals surface area contributed by atoms with Crippen LogP contribution in [0.15, 0.2) is 18.2 Å². The number of imide groups is 1. The molecule has 2 amide bonds. The summed E-state index contributed by atoms with van der Waals surface area (Å²) in [6.07, 6.45) is -3.98. The summed E-state index contributed by atoms with van der Waals surface area (Å²) < 4.78 is 45.6. The molecule has 4 rings (SSSR count). The van der Waals surface area contributed by atoms with Crippen LogP contribution in [0.5, 0.6) is 0 Å². The molecule has 6 nitrogen and oxygen atoms in total. The molecule has 4 atom stereocenters. The van der Waals surface area contributed by atoms with Gasteiger partial charge in [0.2, 0.25) is 11.8 Å². The van der Waals surface area contributed by atoms with Gasteiger partial charge in [0, 0.05) is 13.0 Å². The van der Waals surface area contributed by atoms with E-state index < -0.39 is 52.7 Å². The molecule has 0 aromatic heterocycles. The van der Waals surface area contributed by atoms with Gasteiger partial charge in [-0.05, 0) is 31.0 Å². The number of amides is 2. The van der Waals surface area contributed by atoms with Gasteiger partial charge in [0.15, 0.2) is 0 Å². The molecule has 3 aliphatic heterocycles. The number of halogens is 3. The van der Waals surface area contributed by atoms with Crippen molar-refractivity contribution in [1.82, 2.24) is 0 Å². The smallest absolute Gasteiger partial charge is 0.396 e. The first kappa shape index (κ1) is 17.9. The fourth-order valence-corrected chi connectivity index (χ4v) is 4.69. The molecular weight excluding hydrogens is 365 g/mol. The van der Waals surface area contributed by atoms with Gasteiger partial charge in [0.1, 0.15) is 0 Å². The predicted octanol–water partition coefficient (Wildman–Crippen LogP) is 2.00. The van der Waals surface area contributed by atoms with Crippen LogP contribution in [-0.2, 0) is 20.5 Å². The third-order valence-electron chi connectivity index (χ3n) is 5.78. The Bertz CT molecular complexity index is 878. The minimum Gasteiger partial charge on any atom is -0.396 e. The van der Waals surface area contributed by atoms with Crippen LogP contribution < -0.4 is 4.90 Å². The maximum atomic E-state index is 13.2. The highest BCUT2D eigenvalue weighted by molar-refractivity contribution is 6.23. The average molecular weight is 380 g/mol. The van der Waals surface area contributed by atoms with Crippen molar-refractivity contribution in [2.24, 2.45) is 11.8 Å². The number of nitrogens with zero attached hydrogens (tertiary/aromatic N) is 2. The van der Waals surface area contributed by atoms with E-state index in [4.69, 9.17) is 10.00 Å². The first-order valence-corrected chi connectivity index (χ1v) is 8.51. The molecule has 2 unspecified atom stereocenters. The minimum atomic E-state index is -4.79. The van der Waals surface area contributed by atoms with Crippen molar-refractivity contribution >= 4 is 17.5 Å². The lowest BCUT2D eigenvalue weighted by Gasteiger charge is -2.30. The number of carbonyl (C=O) groups excluding carboxylic acids is 2. The lowest BCUT2D eigenvalue weighted by Crippen LogP contribution is -2.42. The molecule has 0 spiro atoms. The van der Waals surface area contributed by atoms with Crippen molar-refractivity contribution in [3.8, 4) is 6.07 Å². The van der Waals surface area contributed by atoms with Crippen LogP contribution in [0.25, 0.3) is 0 Å². The number of rotatable bonds is 3. The molecule has 1 N–H and O–H groups in total. The van der Waals surface area contributed by atoms with Gasteiger partial charge in [0.05, 0.1) is 46.4 Å². The summed E-state index contributed by atoms with van der Waals surface area (Å²) >= 11 is 0. The number of nitriles is 1. The van der Waals surface area contributed by atoms with Crippen molar-refractivity contribution in [2.45, 2.75) is 37.1 Å². The van der Waals surface area contributed by atoms with E-state index in [-0.39, 0.29) is 18.7 Å². The quantitative estimate of drug-likeness (QED) is 0.810. The predicted molar refractivity (Wildman–Crippen MR) is 84.2 cm³/mol. The van der Waals surface area contributed by atoms with Crippen molar-refractivity contribution in [2.75, 3.05) is 11.5 Å². The third kappa shape index (κ3) is 2.40. The van der Waals surface area contributed by atoms with Crippen molar-refractivity contribution in [3.63, 3.8) is 0 Å². The number of anilines is 1. The van der Waals surface area contributed by atoms with Gasteiger partial charge < -0.3 is 9.84 Å². The second kappa shape index (κ2) is 5.78. The molecule has 27 heavy (non-hydrogen) atoms. The van der Waals surface area contributed by atoms with Crippen LogP contribution in [0.1, 0.15) is 30.4 Å². The highest BCUT2D eigenvalue weighted by Gasteiger charge is 2.69. The monoisotopic (exact) mass is 380 g/mol. The lowest BCUT2D eigenvalue weighted by atomic mass is 9.71. The molecule has 3 heterocycles. The third-order valence-corrected chi connectivity index (χ3v) is 5.78. The molecule has 3 aliphatic rings. The van der Waals surface area contributed by atoms with Crippen LogP contribution in [0.4, 0.5) is 18.9 Å². The van der Waals surface area contributed by atoms with Crippen LogP contribution in [0, 0.1) is 23.2 Å². The Morgan fingerprint density at radius 2 is 2.07 bits per heavy atom. The second-order valence-electron chi connectivity index (χ2n) is 7.09. The average Bonchev–Trinajstić information content (AvgIpc) is 3.24. The van der Waals surface area contributed by atoms with Crippen LogP contribution in [0.3, 0.4) is 0 Å². The minimum absolute atomic E-state index is 0.193. The Hall–Kier alpha value is -2.44. The Morgan fingerprint density at radius 3 is 2.70 bits per heavy atom. The van der Waals surface area contributed by atoms with E-state index in [1.807, 2.05) is 0 Å². The van der Waals surface area contributed by atoms with Gasteiger partial charge in [-0.2, -0.15) is 18.4 Å². The number of hydrogen-bond acceptors (Lipinski definition) is 5. The lowest BCUT2D eigenvalue weighted by molar-refractivity contribution is -0.138. The Balaban J connectivity index is 1.76. The van der Waals surface area contributed by atoms with Crippen molar-refractivity contribution < 1.29 is 32.6 Å². The Morgan fingerprint density at radius 1 is 1.33 bits per heavy atom. The SMILES string of the molecule is N#Cc1ccc(N2C(=O)[C@H]3C4CCC(CCO)(O4)[C@H]3C2=O)cc1C(F)(F)F. The number of aliphatic hydroxyl groups excluding tert-OH is 1. The maximum Gasteiger partial charge on any atom is 0.417 e. The summed E-state index contributed by atoms with van der Waals surface area (Å²) in [6, 6.07) is 4.27. The van der Waals surface area contributed by atoms with E-state index in [9.17, 15) is 27.9 Å². The summed E-state index contributed by atoms with van der Waals surface area (Å²) in [5, 5.41) is 18.2. The molecule has 142 valence electrons. The summed E-state index contributed by atoms with van der Waals surface area (Å²) in [5.41, 5.74) is -2.91. The van der Waals surface area contributed by atoms with E-state index in [1.165, 1.54) is 12.1 Å². The molecule has 9 heteroatoms. The van der Waals surface area contributed by atoms with E-state index in [0.717, 1.165) is 11.0 Å². The molecule has 0 saturated carbocycles. The Kier molecular flexibility index (Phi) is 3.84. The molecule has 2 bridgehead atoms. The van der Waals surface area contributed by atoms with E-state index in [2.05, 4.69) is 0 Å². The molecule has 1 aromatic carbocycles. The highest BCUT2D eigenvalue weighted by atomic mass is 19.4. The fourth-order valence-electron chi connectivity index (χ4n) is 4.69. The number of fused-ring (bicyclic) bond motifs is 5. The zero-order chi connectivity index (χ0) is 19.6. The largest absolute Gasteiger partial charge is 0.417 e. The zero-order valence-electron chi connectivity index (χ0n) is 14.0. The van der Waals surface area contributed by atoms with Crippen molar-refractivity contribution in [3.05, 3.63) is 29.3 Å². The molecular formula is C18H15F3N2O4. The topological polar surface area (TPSA) is 90.6 Å². The highest BCUT2D eigenvalue weighted by Crippen LogP contribution is 2.57. The second-order valence-corrected chi connectivity index (χ2v) is 7.09. The van der Waals surface area contributed by atoms with Gasteiger partial charge in [-0.25, -0.2) is 4.90 Å². The molecule has 3 saturated heterocycles. The van der Waals surface area contributed by atoms with Gasteiger partial charge >= 0.3 is 6.18 Å². The van der Waals surface area contributed by atoms with E-state index >= 15 is 0 Å². The summed E-state index contributed by atoms with van der Waals surface area (Å²) in [4.78, 5) is 26.6. The van der Waals surface area contributed by atoms with Crippen LogP contribution >= 0.6 is 0 Å². The number of alkyl halides is 3. The van der Waals surface area contributed by atoms with Gasteiger partial charge in [0.25, 0.3) is 0 Å². The normalized spacial score (nSPS) is 32.1. The number of carbonyl (C=O) groups is 2. The van der Waals surface area contributed by atoms with Crippen LogP contribution in [0.2, 0.25) is 0 Å². The number of ether oxygens (including phenoxy) is 1. The van der Waals surface area contributed by atoms with E-state index in [1.54, 1.807) is 0 Å². The number of aliphatic hydroxyl groups is 1. The number of hydrogen-bond donors (Lipinski definition) is 1. The molecule has 1 aromatic rings. The first-order valence-electron chi connectivity index (χ1n) is 8.51. The summed E-state index contributed by atoms with van der Waals surface area (Å²) in [7, 11) is 0. The molecule has 0 aliphatic carbocycles. The zero-order valence-corrected chi connectivity index (χ0v) is 14.0. The summed E-state index contributed by atoms with van der Waals surface area (Å²) in [5.74, 6) is -2.76.